The fraction of sp³-hybridized carbons (Fsp3) is 0.214. The molecule has 0 atom stereocenters. The van der Waals surface area contributed by atoms with E-state index in [1.165, 1.54) is 23.3 Å². The van der Waals surface area contributed by atoms with Crippen molar-refractivity contribution in [2.45, 2.75) is 13.1 Å². The molecule has 2 heterocycles. The highest BCUT2D eigenvalue weighted by molar-refractivity contribution is 5.76. The first-order chi connectivity index (χ1) is 17.2. The monoisotopic (exact) mass is 468 g/mol. The van der Waals surface area contributed by atoms with E-state index in [2.05, 4.69) is 48.9 Å². The maximum absolute atomic E-state index is 13.3. The lowest BCUT2D eigenvalue weighted by Gasteiger charge is -2.37. The zero-order valence-electron chi connectivity index (χ0n) is 19.6. The molecule has 0 spiro atoms. The molecule has 4 aromatic rings. The summed E-state index contributed by atoms with van der Waals surface area (Å²) in [4.78, 5) is 15.9. The van der Waals surface area contributed by atoms with Crippen LogP contribution in [0.3, 0.4) is 0 Å². The van der Waals surface area contributed by atoms with E-state index in [0.29, 0.717) is 18.8 Å². The Balaban J connectivity index is 1.37. The fourth-order valence-corrected chi connectivity index (χ4v) is 4.52. The van der Waals surface area contributed by atoms with Crippen molar-refractivity contribution >= 4 is 23.0 Å². The van der Waals surface area contributed by atoms with Crippen LogP contribution < -0.4 is 20.4 Å². The summed E-state index contributed by atoms with van der Waals surface area (Å²) in [6, 6.07) is 27.4. The van der Waals surface area contributed by atoms with Crippen LogP contribution in [0.1, 0.15) is 11.1 Å². The SMILES string of the molecule is Nc1c(N2CCN(c3ccc(F)cc3)CC2)ncnc1N(Cc1ccccc1)Cc1ccccc1. The van der Waals surface area contributed by atoms with Crippen LogP contribution in [0.2, 0.25) is 0 Å². The van der Waals surface area contributed by atoms with Gasteiger partial charge in [-0.3, -0.25) is 0 Å². The molecule has 35 heavy (non-hydrogen) atoms. The van der Waals surface area contributed by atoms with Gasteiger partial charge in [0.15, 0.2) is 11.6 Å². The molecule has 1 aliphatic rings. The number of nitrogens with zero attached hydrogens (tertiary/aromatic N) is 5. The van der Waals surface area contributed by atoms with Crippen LogP contribution >= 0.6 is 0 Å². The Morgan fingerprint density at radius 2 is 1.26 bits per heavy atom. The number of nitrogens with two attached hydrogens (primary N) is 1. The van der Waals surface area contributed by atoms with Gasteiger partial charge < -0.3 is 20.4 Å². The summed E-state index contributed by atoms with van der Waals surface area (Å²) < 4.78 is 13.3. The van der Waals surface area contributed by atoms with E-state index in [9.17, 15) is 4.39 Å². The normalized spacial score (nSPS) is 13.6. The van der Waals surface area contributed by atoms with Crippen molar-refractivity contribution in [2.24, 2.45) is 0 Å². The van der Waals surface area contributed by atoms with E-state index in [0.717, 1.165) is 43.5 Å². The number of aromatic nitrogens is 2. The summed E-state index contributed by atoms with van der Waals surface area (Å²) in [6.45, 7) is 4.54. The lowest BCUT2D eigenvalue weighted by Crippen LogP contribution is -2.47. The van der Waals surface area contributed by atoms with E-state index in [-0.39, 0.29) is 5.82 Å². The van der Waals surface area contributed by atoms with Crippen LogP contribution in [0, 0.1) is 5.82 Å². The lowest BCUT2D eigenvalue weighted by molar-refractivity contribution is 0.624. The third-order valence-corrected chi connectivity index (χ3v) is 6.34. The van der Waals surface area contributed by atoms with Gasteiger partial charge in [0.05, 0.1) is 0 Å². The Kier molecular flexibility index (Phi) is 6.75. The fourth-order valence-electron chi connectivity index (χ4n) is 4.52. The van der Waals surface area contributed by atoms with Crippen molar-refractivity contribution < 1.29 is 4.39 Å². The minimum absolute atomic E-state index is 0.218. The zero-order valence-corrected chi connectivity index (χ0v) is 19.6. The number of hydrogen-bond acceptors (Lipinski definition) is 6. The molecule has 7 heteroatoms. The number of rotatable bonds is 7. The topological polar surface area (TPSA) is 61.5 Å². The third kappa shape index (κ3) is 5.35. The van der Waals surface area contributed by atoms with Crippen LogP contribution in [0.5, 0.6) is 0 Å². The van der Waals surface area contributed by atoms with Crippen molar-refractivity contribution in [1.29, 1.82) is 0 Å². The molecule has 1 fully saturated rings. The smallest absolute Gasteiger partial charge is 0.158 e. The minimum atomic E-state index is -0.218. The summed E-state index contributed by atoms with van der Waals surface area (Å²) >= 11 is 0. The molecule has 2 N–H and O–H groups in total. The van der Waals surface area contributed by atoms with Crippen molar-refractivity contribution in [3.8, 4) is 0 Å². The van der Waals surface area contributed by atoms with E-state index in [1.807, 2.05) is 48.5 Å². The van der Waals surface area contributed by atoms with Crippen molar-refractivity contribution in [3.05, 3.63) is 108 Å². The Morgan fingerprint density at radius 3 is 1.83 bits per heavy atom. The highest BCUT2D eigenvalue weighted by Crippen LogP contribution is 2.32. The molecule has 3 aromatic carbocycles. The second kappa shape index (κ2) is 10.4. The molecule has 1 saturated heterocycles. The maximum atomic E-state index is 13.3. The van der Waals surface area contributed by atoms with E-state index in [1.54, 1.807) is 6.33 Å². The molecule has 178 valence electrons. The molecule has 1 aliphatic heterocycles. The summed E-state index contributed by atoms with van der Waals surface area (Å²) in [5.74, 6) is 1.28. The molecule has 0 amide bonds. The number of nitrogen functional groups attached to an aromatic ring is 1. The largest absolute Gasteiger partial charge is 0.393 e. The van der Waals surface area contributed by atoms with Crippen molar-refractivity contribution in [3.63, 3.8) is 0 Å². The lowest BCUT2D eigenvalue weighted by atomic mass is 10.1. The standard InChI is InChI=1S/C28H29FN6/c29-24-11-13-25(14-12-24)33-15-17-34(18-16-33)27-26(30)28(32-21-31-27)35(19-22-7-3-1-4-8-22)20-23-9-5-2-6-10-23/h1-14,21H,15-20,30H2. The summed E-state index contributed by atoms with van der Waals surface area (Å²) in [5.41, 5.74) is 10.7. The molecule has 6 nitrogen and oxygen atoms in total. The molecule has 0 bridgehead atoms. The Bertz CT molecular complexity index is 1180. The van der Waals surface area contributed by atoms with Gasteiger partial charge in [0.2, 0.25) is 0 Å². The average Bonchev–Trinajstić information content (AvgIpc) is 2.90. The molecule has 0 unspecified atom stereocenters. The number of halogens is 1. The molecular formula is C28H29FN6. The first-order valence-electron chi connectivity index (χ1n) is 11.9. The summed E-state index contributed by atoms with van der Waals surface area (Å²) in [7, 11) is 0. The van der Waals surface area contributed by atoms with Crippen LogP contribution in [-0.4, -0.2) is 36.1 Å². The average molecular weight is 469 g/mol. The van der Waals surface area contributed by atoms with Crippen molar-refractivity contribution in [1.82, 2.24) is 9.97 Å². The first-order valence-corrected chi connectivity index (χ1v) is 11.9. The van der Waals surface area contributed by atoms with Crippen LogP contribution in [-0.2, 0) is 13.1 Å². The Labute approximate surface area is 205 Å². The second-order valence-electron chi connectivity index (χ2n) is 8.71. The Hall–Kier alpha value is -4.13. The van der Waals surface area contributed by atoms with Gasteiger partial charge in [-0.1, -0.05) is 60.7 Å². The molecule has 1 aromatic heterocycles. The zero-order chi connectivity index (χ0) is 24.0. The molecule has 0 radical (unpaired) electrons. The number of piperazine rings is 1. The highest BCUT2D eigenvalue weighted by Gasteiger charge is 2.23. The van der Waals surface area contributed by atoms with Gasteiger partial charge in [-0.2, -0.15) is 0 Å². The maximum Gasteiger partial charge on any atom is 0.158 e. The van der Waals surface area contributed by atoms with Gasteiger partial charge in [-0.05, 0) is 35.4 Å². The third-order valence-electron chi connectivity index (χ3n) is 6.34. The van der Waals surface area contributed by atoms with Gasteiger partial charge in [0.25, 0.3) is 0 Å². The molecule has 0 aliphatic carbocycles. The van der Waals surface area contributed by atoms with Gasteiger partial charge in [-0.25, -0.2) is 14.4 Å². The predicted octanol–water partition coefficient (Wildman–Crippen LogP) is 4.73. The van der Waals surface area contributed by atoms with E-state index in [4.69, 9.17) is 5.73 Å². The summed E-state index contributed by atoms with van der Waals surface area (Å²) in [6.07, 6.45) is 1.61. The van der Waals surface area contributed by atoms with E-state index < -0.39 is 0 Å². The van der Waals surface area contributed by atoms with Crippen LogP contribution in [0.4, 0.5) is 27.4 Å². The first kappa shape index (κ1) is 22.7. The van der Waals surface area contributed by atoms with Crippen LogP contribution in [0.25, 0.3) is 0 Å². The van der Waals surface area contributed by atoms with Gasteiger partial charge in [-0.15, -0.1) is 0 Å². The number of benzene rings is 3. The van der Waals surface area contributed by atoms with E-state index >= 15 is 0 Å². The quantitative estimate of drug-likeness (QED) is 0.423. The number of anilines is 4. The van der Waals surface area contributed by atoms with Crippen LogP contribution in [0.15, 0.2) is 91.3 Å². The summed E-state index contributed by atoms with van der Waals surface area (Å²) in [5, 5.41) is 0. The molecule has 5 rings (SSSR count). The molecular weight excluding hydrogens is 439 g/mol. The van der Waals surface area contributed by atoms with Gasteiger partial charge in [0, 0.05) is 45.0 Å². The van der Waals surface area contributed by atoms with Gasteiger partial charge in [0.1, 0.15) is 17.8 Å². The predicted molar refractivity (Wildman–Crippen MR) is 140 cm³/mol. The minimum Gasteiger partial charge on any atom is -0.393 e. The number of hydrogen-bond donors (Lipinski definition) is 1. The van der Waals surface area contributed by atoms with Gasteiger partial charge >= 0.3 is 0 Å². The Morgan fingerprint density at radius 1 is 0.714 bits per heavy atom. The van der Waals surface area contributed by atoms with Crippen molar-refractivity contribution in [2.75, 3.05) is 46.6 Å². The molecule has 0 saturated carbocycles. The highest BCUT2D eigenvalue weighted by atomic mass is 19.1. The second-order valence-corrected chi connectivity index (χ2v) is 8.71.